The van der Waals surface area contributed by atoms with Crippen molar-refractivity contribution in [1.29, 1.82) is 0 Å². The molecule has 0 bridgehead atoms. The highest BCUT2D eigenvalue weighted by Gasteiger charge is 2.06. The van der Waals surface area contributed by atoms with Crippen molar-refractivity contribution in [1.82, 2.24) is 5.32 Å². The summed E-state index contributed by atoms with van der Waals surface area (Å²) in [5.41, 5.74) is 1.94. The number of carbonyl (C=O) groups is 1. The Morgan fingerprint density at radius 3 is 2.43 bits per heavy atom. The topological polar surface area (TPSA) is 72.2 Å². The van der Waals surface area contributed by atoms with Crippen LogP contribution in [-0.2, 0) is 4.79 Å². The highest BCUT2D eigenvalue weighted by Crippen LogP contribution is 2.14. The fourth-order valence-electron chi connectivity index (χ4n) is 2.09. The molecule has 118 valence electrons. The van der Waals surface area contributed by atoms with Crippen LogP contribution in [0.2, 0.25) is 0 Å². The zero-order chi connectivity index (χ0) is 16.7. The van der Waals surface area contributed by atoms with E-state index in [1.807, 2.05) is 30.3 Å². The summed E-state index contributed by atoms with van der Waals surface area (Å²) in [5, 5.41) is 13.4. The lowest BCUT2D eigenvalue weighted by Gasteiger charge is -2.11. The van der Waals surface area contributed by atoms with Gasteiger partial charge in [-0.3, -0.25) is 14.9 Å². The SMILES string of the molecule is C[C@H](CNC(=O)/C=C/c1ccc([N+](=O)[O-])cc1)c1ccccc1. The molecule has 2 aromatic carbocycles. The summed E-state index contributed by atoms with van der Waals surface area (Å²) in [6.07, 6.45) is 3.06. The molecule has 1 N–H and O–H groups in total. The Balaban J connectivity index is 1.85. The van der Waals surface area contributed by atoms with Crippen molar-refractivity contribution in [2.75, 3.05) is 6.54 Å². The molecule has 2 rings (SSSR count). The number of benzene rings is 2. The van der Waals surface area contributed by atoms with Crippen molar-refractivity contribution in [2.45, 2.75) is 12.8 Å². The summed E-state index contributed by atoms with van der Waals surface area (Å²) in [7, 11) is 0. The van der Waals surface area contributed by atoms with Crippen LogP contribution in [0.5, 0.6) is 0 Å². The number of carbonyl (C=O) groups excluding carboxylic acids is 1. The molecule has 0 saturated carbocycles. The summed E-state index contributed by atoms with van der Waals surface area (Å²) in [6, 6.07) is 16.0. The van der Waals surface area contributed by atoms with Gasteiger partial charge in [0.05, 0.1) is 4.92 Å². The number of nitrogens with zero attached hydrogens (tertiary/aromatic N) is 1. The smallest absolute Gasteiger partial charge is 0.269 e. The molecule has 0 fully saturated rings. The van der Waals surface area contributed by atoms with Crippen LogP contribution in [0.15, 0.2) is 60.7 Å². The molecule has 0 aliphatic heterocycles. The largest absolute Gasteiger partial charge is 0.352 e. The van der Waals surface area contributed by atoms with Gasteiger partial charge in [-0.25, -0.2) is 0 Å². The van der Waals surface area contributed by atoms with Crippen LogP contribution in [-0.4, -0.2) is 17.4 Å². The van der Waals surface area contributed by atoms with E-state index < -0.39 is 4.92 Å². The minimum atomic E-state index is -0.453. The molecule has 0 saturated heterocycles. The number of nitro groups is 1. The second-order valence-corrected chi connectivity index (χ2v) is 5.24. The van der Waals surface area contributed by atoms with E-state index in [0.717, 1.165) is 5.56 Å². The van der Waals surface area contributed by atoms with Crippen molar-refractivity contribution in [3.63, 3.8) is 0 Å². The molecule has 0 aliphatic carbocycles. The lowest BCUT2D eigenvalue weighted by Crippen LogP contribution is -2.25. The van der Waals surface area contributed by atoms with Crippen LogP contribution in [0.3, 0.4) is 0 Å². The van der Waals surface area contributed by atoms with Crippen molar-refractivity contribution in [2.24, 2.45) is 0 Å². The van der Waals surface area contributed by atoms with Gasteiger partial charge in [-0.05, 0) is 35.3 Å². The first kappa shape index (κ1) is 16.4. The molecule has 5 heteroatoms. The fourth-order valence-corrected chi connectivity index (χ4v) is 2.09. The first-order valence-electron chi connectivity index (χ1n) is 7.31. The van der Waals surface area contributed by atoms with E-state index in [9.17, 15) is 14.9 Å². The molecule has 2 aromatic rings. The number of non-ortho nitro benzene ring substituents is 1. The van der Waals surface area contributed by atoms with E-state index in [1.54, 1.807) is 18.2 Å². The van der Waals surface area contributed by atoms with Crippen LogP contribution < -0.4 is 5.32 Å². The minimum Gasteiger partial charge on any atom is -0.352 e. The van der Waals surface area contributed by atoms with Crippen molar-refractivity contribution in [3.8, 4) is 0 Å². The van der Waals surface area contributed by atoms with Crippen molar-refractivity contribution in [3.05, 3.63) is 81.9 Å². The third-order valence-corrected chi connectivity index (χ3v) is 3.48. The van der Waals surface area contributed by atoms with Gasteiger partial charge in [-0.2, -0.15) is 0 Å². The molecule has 0 aliphatic rings. The Morgan fingerprint density at radius 1 is 1.17 bits per heavy atom. The summed E-state index contributed by atoms with van der Waals surface area (Å²) < 4.78 is 0. The Bertz CT molecular complexity index is 694. The molecular formula is C18H18N2O3. The molecule has 0 spiro atoms. The average Bonchev–Trinajstić information content (AvgIpc) is 2.59. The average molecular weight is 310 g/mol. The summed E-state index contributed by atoms with van der Waals surface area (Å²) >= 11 is 0. The quantitative estimate of drug-likeness (QED) is 0.504. The zero-order valence-electron chi connectivity index (χ0n) is 12.8. The first-order valence-corrected chi connectivity index (χ1v) is 7.31. The van der Waals surface area contributed by atoms with E-state index in [4.69, 9.17) is 0 Å². The normalized spacial score (nSPS) is 12.0. The second-order valence-electron chi connectivity index (χ2n) is 5.24. The van der Waals surface area contributed by atoms with Gasteiger partial charge in [0.15, 0.2) is 0 Å². The van der Waals surface area contributed by atoms with Crippen LogP contribution in [0.1, 0.15) is 24.0 Å². The van der Waals surface area contributed by atoms with Crippen molar-refractivity contribution >= 4 is 17.7 Å². The maximum Gasteiger partial charge on any atom is 0.269 e. The Labute approximate surface area is 134 Å². The highest BCUT2D eigenvalue weighted by molar-refractivity contribution is 5.91. The van der Waals surface area contributed by atoms with E-state index in [1.165, 1.54) is 23.8 Å². The fraction of sp³-hybridized carbons (Fsp3) is 0.167. The number of rotatable bonds is 6. The van der Waals surface area contributed by atoms with E-state index in [-0.39, 0.29) is 17.5 Å². The molecule has 0 aromatic heterocycles. The van der Waals surface area contributed by atoms with Gasteiger partial charge in [0.2, 0.25) is 5.91 Å². The predicted molar refractivity (Wildman–Crippen MR) is 90.0 cm³/mol. The van der Waals surface area contributed by atoms with E-state index in [0.29, 0.717) is 6.54 Å². The molecular weight excluding hydrogens is 292 g/mol. The number of hydrogen-bond donors (Lipinski definition) is 1. The molecule has 0 radical (unpaired) electrons. The molecule has 5 nitrogen and oxygen atoms in total. The molecule has 1 atom stereocenters. The second kappa shape index (κ2) is 7.89. The molecule has 23 heavy (non-hydrogen) atoms. The van der Waals surface area contributed by atoms with Crippen LogP contribution >= 0.6 is 0 Å². The minimum absolute atomic E-state index is 0.0308. The van der Waals surface area contributed by atoms with E-state index in [2.05, 4.69) is 12.2 Å². The maximum atomic E-state index is 11.8. The lowest BCUT2D eigenvalue weighted by molar-refractivity contribution is -0.384. The zero-order valence-corrected chi connectivity index (χ0v) is 12.8. The van der Waals surface area contributed by atoms with Gasteiger partial charge in [-0.15, -0.1) is 0 Å². The lowest BCUT2D eigenvalue weighted by atomic mass is 10.0. The van der Waals surface area contributed by atoms with Gasteiger partial charge in [-0.1, -0.05) is 37.3 Å². The Kier molecular flexibility index (Phi) is 5.63. The third-order valence-electron chi connectivity index (χ3n) is 3.48. The maximum absolute atomic E-state index is 11.8. The van der Waals surface area contributed by atoms with Gasteiger partial charge in [0.1, 0.15) is 0 Å². The standard InChI is InChI=1S/C18H18N2O3/c1-14(16-5-3-2-4-6-16)13-19-18(21)12-9-15-7-10-17(11-8-15)20(22)23/h2-12,14H,13H2,1H3,(H,19,21)/b12-9+/t14-/m1/s1. The third kappa shape index (κ3) is 5.07. The van der Waals surface area contributed by atoms with Gasteiger partial charge < -0.3 is 5.32 Å². The monoisotopic (exact) mass is 310 g/mol. The highest BCUT2D eigenvalue weighted by atomic mass is 16.6. The summed E-state index contributed by atoms with van der Waals surface area (Å²) in [5.74, 6) is 0.0408. The van der Waals surface area contributed by atoms with Gasteiger partial charge in [0.25, 0.3) is 5.69 Å². The molecule has 0 heterocycles. The van der Waals surface area contributed by atoms with Gasteiger partial charge >= 0.3 is 0 Å². The van der Waals surface area contributed by atoms with Gasteiger partial charge in [0, 0.05) is 24.8 Å². The Hall–Kier alpha value is -2.95. The Morgan fingerprint density at radius 2 is 1.83 bits per heavy atom. The number of nitrogens with one attached hydrogen (secondary N) is 1. The first-order chi connectivity index (χ1) is 11.1. The molecule has 1 amide bonds. The summed E-state index contributed by atoms with van der Waals surface area (Å²) in [6.45, 7) is 2.60. The van der Waals surface area contributed by atoms with Crippen LogP contribution in [0.4, 0.5) is 5.69 Å². The molecule has 0 unspecified atom stereocenters. The summed E-state index contributed by atoms with van der Waals surface area (Å²) in [4.78, 5) is 21.9. The van der Waals surface area contributed by atoms with Crippen molar-refractivity contribution < 1.29 is 9.72 Å². The number of nitro benzene ring substituents is 1. The van der Waals surface area contributed by atoms with Crippen LogP contribution in [0, 0.1) is 10.1 Å². The predicted octanol–water partition coefficient (Wildman–Crippen LogP) is 3.53. The number of amides is 1. The van der Waals surface area contributed by atoms with Crippen LogP contribution in [0.25, 0.3) is 6.08 Å². The van der Waals surface area contributed by atoms with E-state index >= 15 is 0 Å². The number of hydrogen-bond acceptors (Lipinski definition) is 3.